The van der Waals surface area contributed by atoms with Crippen LogP contribution in [0.15, 0.2) is 48.8 Å². The maximum atomic E-state index is 8.95. The highest BCUT2D eigenvalue weighted by Crippen LogP contribution is 2.01. The van der Waals surface area contributed by atoms with Gasteiger partial charge < -0.3 is 14.6 Å². The fourth-order valence-electron chi connectivity index (χ4n) is 1.50. The number of hydrogen-bond donors (Lipinski definition) is 2. The number of hydrogen-bond acceptors (Lipinski definition) is 2. The summed E-state index contributed by atoms with van der Waals surface area (Å²) in [5.41, 5.74) is 1.71. The highest BCUT2D eigenvalue weighted by molar-refractivity contribution is 6.58. The van der Waals surface area contributed by atoms with Crippen molar-refractivity contribution in [2.45, 2.75) is 6.54 Å². The van der Waals surface area contributed by atoms with E-state index >= 15 is 0 Å². The molecule has 0 unspecified atom stereocenters. The van der Waals surface area contributed by atoms with E-state index in [2.05, 4.69) is 0 Å². The molecular formula is C11H12BNO2. The molecule has 0 saturated carbocycles. The maximum absolute atomic E-state index is 8.95. The van der Waals surface area contributed by atoms with Gasteiger partial charge in [0.25, 0.3) is 0 Å². The summed E-state index contributed by atoms with van der Waals surface area (Å²) in [5, 5.41) is 17.9. The van der Waals surface area contributed by atoms with Crippen molar-refractivity contribution in [2.24, 2.45) is 0 Å². The monoisotopic (exact) mass is 201 g/mol. The lowest BCUT2D eigenvalue weighted by molar-refractivity contribution is 0.425. The van der Waals surface area contributed by atoms with Crippen molar-refractivity contribution in [3.8, 4) is 0 Å². The van der Waals surface area contributed by atoms with Crippen LogP contribution in [0.1, 0.15) is 5.56 Å². The summed E-state index contributed by atoms with van der Waals surface area (Å²) in [6, 6.07) is 11.7. The molecule has 76 valence electrons. The quantitative estimate of drug-likeness (QED) is 0.697. The molecule has 2 aromatic rings. The van der Waals surface area contributed by atoms with E-state index < -0.39 is 7.12 Å². The Kier molecular flexibility index (Phi) is 2.90. The zero-order chi connectivity index (χ0) is 10.7. The summed E-state index contributed by atoms with van der Waals surface area (Å²) in [4.78, 5) is 0. The van der Waals surface area contributed by atoms with Crippen LogP contribution in [0, 0.1) is 0 Å². The van der Waals surface area contributed by atoms with Gasteiger partial charge in [0.05, 0.1) is 0 Å². The van der Waals surface area contributed by atoms with E-state index in [1.807, 2.05) is 41.1 Å². The van der Waals surface area contributed by atoms with E-state index in [-0.39, 0.29) is 0 Å². The molecule has 1 aromatic carbocycles. The summed E-state index contributed by atoms with van der Waals surface area (Å²) < 4.78 is 1.92. The van der Waals surface area contributed by atoms with E-state index in [9.17, 15) is 0 Å². The van der Waals surface area contributed by atoms with Gasteiger partial charge >= 0.3 is 7.12 Å². The van der Waals surface area contributed by atoms with Crippen molar-refractivity contribution in [1.29, 1.82) is 0 Å². The van der Waals surface area contributed by atoms with E-state index in [1.54, 1.807) is 12.3 Å². The molecular weight excluding hydrogens is 189 g/mol. The molecule has 2 N–H and O–H groups in total. The van der Waals surface area contributed by atoms with Gasteiger partial charge in [0.2, 0.25) is 0 Å². The molecule has 1 aromatic heterocycles. The van der Waals surface area contributed by atoms with E-state index in [0.29, 0.717) is 5.46 Å². The second kappa shape index (κ2) is 4.34. The molecule has 0 radical (unpaired) electrons. The van der Waals surface area contributed by atoms with Gasteiger partial charge in [0, 0.05) is 18.9 Å². The van der Waals surface area contributed by atoms with Crippen LogP contribution in [0.5, 0.6) is 0 Å². The summed E-state index contributed by atoms with van der Waals surface area (Å²) in [5.74, 6) is 0. The van der Waals surface area contributed by atoms with Crippen molar-refractivity contribution in [3.05, 3.63) is 54.4 Å². The summed E-state index contributed by atoms with van der Waals surface area (Å²) in [6.07, 6.45) is 3.57. The topological polar surface area (TPSA) is 45.4 Å². The third-order valence-corrected chi connectivity index (χ3v) is 2.28. The molecule has 0 saturated heterocycles. The van der Waals surface area contributed by atoms with Crippen LogP contribution in [-0.4, -0.2) is 21.7 Å². The van der Waals surface area contributed by atoms with Gasteiger partial charge in [0.1, 0.15) is 0 Å². The lowest BCUT2D eigenvalue weighted by atomic mass is 9.83. The lowest BCUT2D eigenvalue weighted by Crippen LogP contribution is -2.28. The first kappa shape index (κ1) is 10.0. The third-order valence-electron chi connectivity index (χ3n) is 2.28. The van der Waals surface area contributed by atoms with E-state index in [0.717, 1.165) is 6.54 Å². The van der Waals surface area contributed by atoms with Crippen LogP contribution in [0.25, 0.3) is 0 Å². The largest absolute Gasteiger partial charge is 0.489 e. The number of rotatable bonds is 3. The Morgan fingerprint density at radius 1 is 1.07 bits per heavy atom. The minimum atomic E-state index is -1.39. The Morgan fingerprint density at radius 3 is 2.40 bits per heavy atom. The fourth-order valence-corrected chi connectivity index (χ4v) is 1.50. The highest BCUT2D eigenvalue weighted by atomic mass is 16.4. The second-order valence-electron chi connectivity index (χ2n) is 3.48. The van der Waals surface area contributed by atoms with Crippen LogP contribution in [0.2, 0.25) is 0 Å². The summed E-state index contributed by atoms with van der Waals surface area (Å²) in [7, 11) is -1.39. The number of nitrogens with zero attached hydrogens (tertiary/aromatic N) is 1. The molecule has 0 bridgehead atoms. The van der Waals surface area contributed by atoms with Gasteiger partial charge in [-0.1, -0.05) is 30.3 Å². The van der Waals surface area contributed by atoms with Crippen LogP contribution in [-0.2, 0) is 6.54 Å². The Hall–Kier alpha value is -1.52. The average molecular weight is 201 g/mol. The normalized spacial score (nSPS) is 10.3. The molecule has 0 aliphatic rings. The zero-order valence-corrected chi connectivity index (χ0v) is 8.24. The maximum Gasteiger partial charge on any atom is 0.489 e. The molecule has 4 heteroatoms. The molecule has 3 nitrogen and oxygen atoms in total. The minimum Gasteiger partial charge on any atom is -0.423 e. The predicted octanol–water partition coefficient (Wildman–Crippen LogP) is 0.216. The van der Waals surface area contributed by atoms with Crippen molar-refractivity contribution in [3.63, 3.8) is 0 Å². The standard InChI is InChI=1S/C11H12BNO2/c14-12(15)11-6-7-13(9-11)8-10-4-2-1-3-5-10/h1-7,9,14-15H,8H2. The fraction of sp³-hybridized carbons (Fsp3) is 0.0909. The summed E-state index contributed by atoms with van der Waals surface area (Å²) in [6.45, 7) is 0.744. The van der Waals surface area contributed by atoms with Gasteiger partial charge in [-0.25, -0.2) is 0 Å². The van der Waals surface area contributed by atoms with Gasteiger partial charge in [-0.05, 0) is 17.1 Å². The molecule has 0 fully saturated rings. The molecule has 2 rings (SSSR count). The van der Waals surface area contributed by atoms with Crippen LogP contribution >= 0.6 is 0 Å². The highest BCUT2D eigenvalue weighted by Gasteiger charge is 2.11. The lowest BCUT2D eigenvalue weighted by Gasteiger charge is -2.02. The van der Waals surface area contributed by atoms with Crippen molar-refractivity contribution < 1.29 is 10.0 Å². The average Bonchev–Trinajstić information content (AvgIpc) is 2.68. The Morgan fingerprint density at radius 2 is 1.80 bits per heavy atom. The van der Waals surface area contributed by atoms with Crippen molar-refractivity contribution >= 4 is 12.6 Å². The van der Waals surface area contributed by atoms with Crippen molar-refractivity contribution in [2.75, 3.05) is 0 Å². The Bertz CT molecular complexity index is 425. The van der Waals surface area contributed by atoms with Gasteiger partial charge in [-0.3, -0.25) is 0 Å². The second-order valence-corrected chi connectivity index (χ2v) is 3.48. The number of benzene rings is 1. The summed E-state index contributed by atoms with van der Waals surface area (Å²) >= 11 is 0. The Labute approximate surface area is 88.8 Å². The molecule has 0 aliphatic carbocycles. The first-order valence-electron chi connectivity index (χ1n) is 4.81. The Balaban J connectivity index is 2.12. The van der Waals surface area contributed by atoms with Crippen molar-refractivity contribution in [1.82, 2.24) is 4.57 Å². The minimum absolute atomic E-state index is 0.519. The van der Waals surface area contributed by atoms with Crippen LogP contribution in [0.3, 0.4) is 0 Å². The third kappa shape index (κ3) is 2.49. The number of aromatic nitrogens is 1. The zero-order valence-electron chi connectivity index (χ0n) is 8.24. The van der Waals surface area contributed by atoms with E-state index in [4.69, 9.17) is 10.0 Å². The van der Waals surface area contributed by atoms with Gasteiger partial charge in [-0.2, -0.15) is 0 Å². The molecule has 15 heavy (non-hydrogen) atoms. The molecule has 0 aliphatic heterocycles. The first-order chi connectivity index (χ1) is 7.25. The van der Waals surface area contributed by atoms with E-state index in [1.165, 1.54) is 5.56 Å². The molecule has 1 heterocycles. The van der Waals surface area contributed by atoms with Crippen LogP contribution < -0.4 is 5.46 Å². The molecule has 0 spiro atoms. The van der Waals surface area contributed by atoms with Gasteiger partial charge in [-0.15, -0.1) is 0 Å². The first-order valence-corrected chi connectivity index (χ1v) is 4.81. The SMILES string of the molecule is OB(O)c1ccn(Cc2ccccc2)c1. The van der Waals surface area contributed by atoms with Gasteiger partial charge in [0.15, 0.2) is 0 Å². The molecule has 0 amide bonds. The molecule has 0 atom stereocenters. The van der Waals surface area contributed by atoms with Crippen LogP contribution in [0.4, 0.5) is 0 Å². The smallest absolute Gasteiger partial charge is 0.423 e. The predicted molar refractivity (Wildman–Crippen MR) is 59.8 cm³/mol.